The van der Waals surface area contributed by atoms with Crippen LogP contribution in [0.25, 0.3) is 5.69 Å². The highest BCUT2D eigenvalue weighted by molar-refractivity contribution is 9.10. The molecule has 0 unspecified atom stereocenters. The summed E-state index contributed by atoms with van der Waals surface area (Å²) < 4.78 is 15.7. The SMILES string of the molecule is Cc1cnn(-c2ccc(Br)cc2F)c1. The standard InChI is InChI=1S/C10H8BrFN2/c1-7-5-13-14(6-7)10-3-2-8(11)4-9(10)12/h2-6H,1H3. The predicted molar refractivity (Wildman–Crippen MR) is 56.0 cm³/mol. The molecule has 0 spiro atoms. The summed E-state index contributed by atoms with van der Waals surface area (Å²) in [7, 11) is 0. The van der Waals surface area contributed by atoms with Crippen molar-refractivity contribution in [3.8, 4) is 5.69 Å². The number of rotatable bonds is 1. The van der Waals surface area contributed by atoms with Crippen LogP contribution in [-0.4, -0.2) is 9.78 Å². The van der Waals surface area contributed by atoms with Crippen LogP contribution in [0.4, 0.5) is 4.39 Å². The second kappa shape index (κ2) is 3.53. The minimum atomic E-state index is -0.289. The lowest BCUT2D eigenvalue weighted by atomic mass is 10.3. The molecule has 0 bridgehead atoms. The highest BCUT2D eigenvalue weighted by Crippen LogP contribution is 2.18. The van der Waals surface area contributed by atoms with Crippen LogP contribution in [-0.2, 0) is 0 Å². The van der Waals surface area contributed by atoms with Crippen LogP contribution in [0, 0.1) is 12.7 Å². The van der Waals surface area contributed by atoms with Crippen molar-refractivity contribution in [2.45, 2.75) is 6.92 Å². The van der Waals surface area contributed by atoms with E-state index >= 15 is 0 Å². The Kier molecular flexibility index (Phi) is 2.37. The fourth-order valence-electron chi connectivity index (χ4n) is 1.21. The molecule has 0 aliphatic carbocycles. The second-order valence-electron chi connectivity index (χ2n) is 3.06. The molecular formula is C10H8BrFN2. The van der Waals surface area contributed by atoms with E-state index in [2.05, 4.69) is 21.0 Å². The van der Waals surface area contributed by atoms with Gasteiger partial charge in [0.25, 0.3) is 0 Å². The number of nitrogens with zero attached hydrogens (tertiary/aromatic N) is 2. The lowest BCUT2D eigenvalue weighted by Gasteiger charge is -2.02. The summed E-state index contributed by atoms with van der Waals surface area (Å²) in [4.78, 5) is 0. The third-order valence-electron chi connectivity index (χ3n) is 1.87. The highest BCUT2D eigenvalue weighted by atomic mass is 79.9. The van der Waals surface area contributed by atoms with Gasteiger partial charge in [-0.3, -0.25) is 0 Å². The first-order valence-corrected chi connectivity index (χ1v) is 4.93. The molecule has 0 saturated heterocycles. The van der Waals surface area contributed by atoms with Crippen LogP contribution in [0.2, 0.25) is 0 Å². The van der Waals surface area contributed by atoms with Crippen LogP contribution in [0.1, 0.15) is 5.56 Å². The van der Waals surface area contributed by atoms with Crippen molar-refractivity contribution in [1.82, 2.24) is 9.78 Å². The average molecular weight is 255 g/mol. The predicted octanol–water partition coefficient (Wildman–Crippen LogP) is 3.08. The first kappa shape index (κ1) is 9.40. The molecule has 0 atom stereocenters. The van der Waals surface area contributed by atoms with Gasteiger partial charge in [0.05, 0.1) is 6.20 Å². The first-order chi connectivity index (χ1) is 6.66. The maximum absolute atomic E-state index is 13.5. The smallest absolute Gasteiger partial charge is 0.149 e. The fraction of sp³-hybridized carbons (Fsp3) is 0.100. The van der Waals surface area contributed by atoms with Crippen LogP contribution in [0.3, 0.4) is 0 Å². The van der Waals surface area contributed by atoms with E-state index < -0.39 is 0 Å². The molecular weight excluding hydrogens is 247 g/mol. The quantitative estimate of drug-likeness (QED) is 0.765. The number of benzene rings is 1. The Labute approximate surface area is 89.5 Å². The van der Waals surface area contributed by atoms with Crippen LogP contribution >= 0.6 is 15.9 Å². The maximum Gasteiger partial charge on any atom is 0.149 e. The van der Waals surface area contributed by atoms with E-state index in [0.29, 0.717) is 5.69 Å². The van der Waals surface area contributed by atoms with Crippen LogP contribution in [0.5, 0.6) is 0 Å². The van der Waals surface area contributed by atoms with E-state index in [1.165, 1.54) is 10.7 Å². The summed E-state index contributed by atoms with van der Waals surface area (Å²) in [6.45, 7) is 1.92. The molecule has 0 amide bonds. The zero-order valence-electron chi connectivity index (χ0n) is 7.54. The largest absolute Gasteiger partial charge is 0.238 e. The molecule has 2 rings (SSSR count). The minimum absolute atomic E-state index is 0.289. The molecule has 0 N–H and O–H groups in total. The zero-order chi connectivity index (χ0) is 10.1. The zero-order valence-corrected chi connectivity index (χ0v) is 9.12. The topological polar surface area (TPSA) is 17.8 Å². The number of halogens is 2. The Morgan fingerprint density at radius 3 is 2.79 bits per heavy atom. The third kappa shape index (κ3) is 1.70. The van der Waals surface area contributed by atoms with Gasteiger partial charge in [0.2, 0.25) is 0 Å². The van der Waals surface area contributed by atoms with Gasteiger partial charge in [-0.05, 0) is 30.7 Å². The number of hydrogen-bond acceptors (Lipinski definition) is 1. The van der Waals surface area contributed by atoms with Gasteiger partial charge < -0.3 is 0 Å². The van der Waals surface area contributed by atoms with Crippen molar-refractivity contribution >= 4 is 15.9 Å². The first-order valence-electron chi connectivity index (χ1n) is 4.13. The molecule has 14 heavy (non-hydrogen) atoms. The van der Waals surface area contributed by atoms with Crippen molar-refractivity contribution in [1.29, 1.82) is 0 Å². The lowest BCUT2D eigenvalue weighted by Crippen LogP contribution is -1.97. The molecule has 4 heteroatoms. The van der Waals surface area contributed by atoms with Gasteiger partial charge in [-0.25, -0.2) is 9.07 Å². The summed E-state index contributed by atoms with van der Waals surface area (Å²) in [5, 5.41) is 4.04. The van der Waals surface area contributed by atoms with E-state index in [-0.39, 0.29) is 5.82 Å². The van der Waals surface area contributed by atoms with Crippen LogP contribution in [0.15, 0.2) is 35.1 Å². The van der Waals surface area contributed by atoms with E-state index in [4.69, 9.17) is 0 Å². The number of aromatic nitrogens is 2. The van der Waals surface area contributed by atoms with Gasteiger partial charge in [0.1, 0.15) is 11.5 Å². The molecule has 72 valence electrons. The Bertz CT molecular complexity index is 465. The van der Waals surface area contributed by atoms with Crippen molar-refractivity contribution in [3.63, 3.8) is 0 Å². The summed E-state index contributed by atoms with van der Waals surface area (Å²) >= 11 is 3.20. The summed E-state index contributed by atoms with van der Waals surface area (Å²) in [6.07, 6.45) is 3.48. The van der Waals surface area contributed by atoms with Gasteiger partial charge >= 0.3 is 0 Å². The Morgan fingerprint density at radius 1 is 1.43 bits per heavy atom. The van der Waals surface area contributed by atoms with E-state index in [9.17, 15) is 4.39 Å². The van der Waals surface area contributed by atoms with Crippen molar-refractivity contribution in [3.05, 3.63) is 46.4 Å². The Morgan fingerprint density at radius 2 is 2.21 bits per heavy atom. The molecule has 1 aromatic carbocycles. The second-order valence-corrected chi connectivity index (χ2v) is 3.97. The van der Waals surface area contributed by atoms with Gasteiger partial charge in [-0.2, -0.15) is 5.10 Å². The third-order valence-corrected chi connectivity index (χ3v) is 2.36. The van der Waals surface area contributed by atoms with Gasteiger partial charge in [-0.1, -0.05) is 15.9 Å². The molecule has 1 aromatic heterocycles. The molecule has 2 aromatic rings. The van der Waals surface area contributed by atoms with Crippen molar-refractivity contribution < 1.29 is 4.39 Å². The van der Waals surface area contributed by atoms with E-state index in [0.717, 1.165) is 10.0 Å². The van der Waals surface area contributed by atoms with Crippen molar-refractivity contribution in [2.24, 2.45) is 0 Å². The van der Waals surface area contributed by atoms with Gasteiger partial charge in [-0.15, -0.1) is 0 Å². The van der Waals surface area contributed by atoms with E-state index in [1.54, 1.807) is 24.5 Å². The minimum Gasteiger partial charge on any atom is -0.238 e. The summed E-state index contributed by atoms with van der Waals surface area (Å²) in [5.74, 6) is -0.289. The molecule has 0 radical (unpaired) electrons. The van der Waals surface area contributed by atoms with Crippen LogP contribution < -0.4 is 0 Å². The Balaban J connectivity index is 2.52. The normalized spacial score (nSPS) is 10.5. The monoisotopic (exact) mass is 254 g/mol. The van der Waals surface area contributed by atoms with E-state index in [1.807, 2.05) is 6.92 Å². The van der Waals surface area contributed by atoms with Gasteiger partial charge in [0, 0.05) is 10.7 Å². The van der Waals surface area contributed by atoms with Crippen molar-refractivity contribution in [2.75, 3.05) is 0 Å². The average Bonchev–Trinajstić information content (AvgIpc) is 2.51. The maximum atomic E-state index is 13.5. The Hall–Kier alpha value is -1.16. The molecule has 0 aliphatic heterocycles. The number of aryl methyl sites for hydroxylation is 1. The molecule has 1 heterocycles. The van der Waals surface area contributed by atoms with Gasteiger partial charge in [0.15, 0.2) is 0 Å². The molecule has 0 aliphatic rings. The summed E-state index contributed by atoms with van der Waals surface area (Å²) in [6, 6.07) is 4.90. The highest BCUT2D eigenvalue weighted by Gasteiger charge is 2.05. The molecule has 0 fully saturated rings. The summed E-state index contributed by atoms with van der Waals surface area (Å²) in [5.41, 5.74) is 1.47. The number of hydrogen-bond donors (Lipinski definition) is 0. The molecule has 0 saturated carbocycles. The molecule has 2 nitrogen and oxygen atoms in total. The fourth-order valence-corrected chi connectivity index (χ4v) is 1.54. The lowest BCUT2D eigenvalue weighted by molar-refractivity contribution is 0.610.